The van der Waals surface area contributed by atoms with Gasteiger partial charge in [0.15, 0.2) is 0 Å². The van der Waals surface area contributed by atoms with Crippen LogP contribution in [0.4, 0.5) is 5.82 Å². The molecule has 1 atom stereocenters. The molecule has 0 aliphatic heterocycles. The number of hydrogen-bond donors (Lipinski definition) is 3. The first-order chi connectivity index (χ1) is 6.43. The molecule has 0 aliphatic rings. The number of aromatic nitrogens is 2. The first kappa shape index (κ1) is 10.7. The van der Waals surface area contributed by atoms with Gasteiger partial charge >= 0.3 is 0 Å². The fourth-order valence-electron chi connectivity index (χ4n) is 1.04. The molecular weight excluding hydrogens is 180 g/mol. The van der Waals surface area contributed by atoms with Crippen molar-refractivity contribution in [3.8, 4) is 0 Å². The maximum atomic E-state index is 11.4. The standard InChI is InChI=1S/C9H16N4O/c1-4(2)6(10)8-12-7(11)5(3)9(14)13-8/h4,6H,10H2,1-3H3,(H3,11,12,13,14). The van der Waals surface area contributed by atoms with Crippen LogP contribution in [0.1, 0.15) is 31.3 Å². The summed E-state index contributed by atoms with van der Waals surface area (Å²) in [6, 6.07) is -0.286. The van der Waals surface area contributed by atoms with E-state index in [1.165, 1.54) is 0 Å². The number of anilines is 1. The zero-order valence-electron chi connectivity index (χ0n) is 8.66. The topological polar surface area (TPSA) is 97.8 Å². The number of aromatic amines is 1. The van der Waals surface area contributed by atoms with E-state index >= 15 is 0 Å². The van der Waals surface area contributed by atoms with Crippen LogP contribution in [0.3, 0.4) is 0 Å². The van der Waals surface area contributed by atoms with Gasteiger partial charge in [0.25, 0.3) is 5.56 Å². The molecule has 78 valence electrons. The number of nitrogen functional groups attached to an aromatic ring is 1. The third-order valence-electron chi connectivity index (χ3n) is 2.24. The van der Waals surface area contributed by atoms with Crippen LogP contribution in [0.2, 0.25) is 0 Å². The molecule has 5 heteroatoms. The van der Waals surface area contributed by atoms with E-state index in [1.807, 2.05) is 13.8 Å². The lowest BCUT2D eigenvalue weighted by Crippen LogP contribution is -2.25. The van der Waals surface area contributed by atoms with E-state index in [4.69, 9.17) is 11.5 Å². The predicted octanol–water partition coefficient (Wildman–Crippen LogP) is 0.316. The Kier molecular flexibility index (Phi) is 2.90. The molecule has 1 aromatic heterocycles. The number of nitrogens with two attached hydrogens (primary N) is 2. The summed E-state index contributed by atoms with van der Waals surface area (Å²) in [5, 5.41) is 0. The minimum Gasteiger partial charge on any atom is -0.383 e. The van der Waals surface area contributed by atoms with Crippen LogP contribution < -0.4 is 17.0 Å². The van der Waals surface area contributed by atoms with Gasteiger partial charge in [-0.25, -0.2) is 4.98 Å². The summed E-state index contributed by atoms with van der Waals surface area (Å²) in [7, 11) is 0. The highest BCUT2D eigenvalue weighted by Gasteiger charge is 2.14. The number of H-pyrrole nitrogens is 1. The van der Waals surface area contributed by atoms with Gasteiger partial charge in [-0.2, -0.15) is 0 Å². The van der Waals surface area contributed by atoms with E-state index in [2.05, 4.69) is 9.97 Å². The molecule has 0 bridgehead atoms. The first-order valence-corrected chi connectivity index (χ1v) is 4.55. The minimum absolute atomic E-state index is 0.209. The molecule has 0 fully saturated rings. The van der Waals surface area contributed by atoms with Crippen molar-refractivity contribution in [2.75, 3.05) is 5.73 Å². The van der Waals surface area contributed by atoms with Crippen molar-refractivity contribution in [2.45, 2.75) is 26.8 Å². The van der Waals surface area contributed by atoms with Gasteiger partial charge in [-0.1, -0.05) is 13.8 Å². The largest absolute Gasteiger partial charge is 0.383 e. The quantitative estimate of drug-likeness (QED) is 0.634. The third kappa shape index (κ3) is 1.93. The molecule has 0 saturated carbocycles. The average molecular weight is 196 g/mol. The second-order valence-corrected chi connectivity index (χ2v) is 3.73. The van der Waals surface area contributed by atoms with Crippen molar-refractivity contribution in [2.24, 2.45) is 11.7 Å². The smallest absolute Gasteiger partial charge is 0.255 e. The third-order valence-corrected chi connectivity index (χ3v) is 2.24. The van der Waals surface area contributed by atoms with Gasteiger partial charge in [0, 0.05) is 0 Å². The highest BCUT2D eigenvalue weighted by molar-refractivity contribution is 5.36. The molecule has 1 rings (SSSR count). The van der Waals surface area contributed by atoms with Crippen LogP contribution in [0.15, 0.2) is 4.79 Å². The van der Waals surface area contributed by atoms with E-state index in [1.54, 1.807) is 6.92 Å². The van der Waals surface area contributed by atoms with E-state index in [-0.39, 0.29) is 23.3 Å². The molecule has 0 radical (unpaired) electrons. The molecule has 5 N–H and O–H groups in total. The van der Waals surface area contributed by atoms with Crippen molar-refractivity contribution in [3.05, 3.63) is 21.7 Å². The van der Waals surface area contributed by atoms with Crippen LogP contribution in [0.25, 0.3) is 0 Å². The van der Waals surface area contributed by atoms with Gasteiger partial charge in [0.2, 0.25) is 0 Å². The Balaban J connectivity index is 3.19. The number of nitrogens with zero attached hydrogens (tertiary/aromatic N) is 1. The lowest BCUT2D eigenvalue weighted by molar-refractivity contribution is 0.489. The number of nitrogens with one attached hydrogen (secondary N) is 1. The summed E-state index contributed by atoms with van der Waals surface area (Å²) in [5.41, 5.74) is 11.6. The predicted molar refractivity (Wildman–Crippen MR) is 55.8 cm³/mol. The van der Waals surface area contributed by atoms with Gasteiger partial charge in [-0.3, -0.25) is 4.79 Å². The van der Waals surface area contributed by atoms with Crippen LogP contribution in [0.5, 0.6) is 0 Å². The van der Waals surface area contributed by atoms with Crippen molar-refractivity contribution in [1.29, 1.82) is 0 Å². The lowest BCUT2D eigenvalue weighted by Gasteiger charge is -2.15. The summed E-state index contributed by atoms with van der Waals surface area (Å²) >= 11 is 0. The SMILES string of the molecule is Cc1c(N)nc(C(N)C(C)C)[nH]c1=O. The molecule has 1 heterocycles. The maximum Gasteiger partial charge on any atom is 0.255 e. The molecule has 0 spiro atoms. The van der Waals surface area contributed by atoms with Gasteiger partial charge in [-0.05, 0) is 12.8 Å². The van der Waals surface area contributed by atoms with Crippen LogP contribution in [0, 0.1) is 12.8 Å². The van der Waals surface area contributed by atoms with Crippen molar-refractivity contribution in [3.63, 3.8) is 0 Å². The summed E-state index contributed by atoms with van der Waals surface area (Å²) in [5.74, 6) is 0.910. The van der Waals surface area contributed by atoms with Gasteiger partial charge < -0.3 is 16.5 Å². The molecule has 5 nitrogen and oxygen atoms in total. The average Bonchev–Trinajstić information content (AvgIpc) is 2.12. The first-order valence-electron chi connectivity index (χ1n) is 4.55. The van der Waals surface area contributed by atoms with Crippen molar-refractivity contribution < 1.29 is 0 Å². The Morgan fingerprint density at radius 2 is 2.00 bits per heavy atom. The highest BCUT2D eigenvalue weighted by atomic mass is 16.1. The molecule has 14 heavy (non-hydrogen) atoms. The zero-order valence-corrected chi connectivity index (χ0v) is 8.66. The van der Waals surface area contributed by atoms with Crippen molar-refractivity contribution >= 4 is 5.82 Å². The van der Waals surface area contributed by atoms with Gasteiger partial charge in [0.05, 0.1) is 11.6 Å². The molecule has 0 saturated heterocycles. The van der Waals surface area contributed by atoms with Crippen LogP contribution in [-0.2, 0) is 0 Å². The fraction of sp³-hybridized carbons (Fsp3) is 0.556. The fourth-order valence-corrected chi connectivity index (χ4v) is 1.04. The van der Waals surface area contributed by atoms with E-state index in [0.717, 1.165) is 0 Å². The summed E-state index contributed by atoms with van der Waals surface area (Å²) in [6.45, 7) is 5.55. The monoisotopic (exact) mass is 196 g/mol. The highest BCUT2D eigenvalue weighted by Crippen LogP contribution is 2.14. The second kappa shape index (κ2) is 3.79. The Labute approximate surface area is 82.5 Å². The second-order valence-electron chi connectivity index (χ2n) is 3.73. The number of hydrogen-bond acceptors (Lipinski definition) is 4. The lowest BCUT2D eigenvalue weighted by atomic mass is 10.1. The maximum absolute atomic E-state index is 11.4. The molecule has 0 aliphatic carbocycles. The summed E-state index contributed by atoms with van der Waals surface area (Å²) in [4.78, 5) is 18.0. The minimum atomic E-state index is -0.286. The Morgan fingerprint density at radius 1 is 1.43 bits per heavy atom. The van der Waals surface area contributed by atoms with Gasteiger partial charge in [-0.15, -0.1) is 0 Å². The Hall–Kier alpha value is -1.36. The molecule has 0 aromatic carbocycles. The molecule has 1 aromatic rings. The molecule has 0 amide bonds. The number of rotatable bonds is 2. The van der Waals surface area contributed by atoms with Gasteiger partial charge in [0.1, 0.15) is 11.6 Å². The summed E-state index contributed by atoms with van der Waals surface area (Å²) < 4.78 is 0. The van der Waals surface area contributed by atoms with Crippen LogP contribution in [-0.4, -0.2) is 9.97 Å². The van der Waals surface area contributed by atoms with E-state index < -0.39 is 0 Å². The van der Waals surface area contributed by atoms with Crippen molar-refractivity contribution in [1.82, 2.24) is 9.97 Å². The summed E-state index contributed by atoms with van der Waals surface area (Å²) in [6.07, 6.45) is 0. The molecule has 1 unspecified atom stereocenters. The molecular formula is C9H16N4O. The van der Waals surface area contributed by atoms with E-state index in [9.17, 15) is 4.79 Å². The normalized spacial score (nSPS) is 13.2. The zero-order chi connectivity index (χ0) is 10.9. The van der Waals surface area contributed by atoms with E-state index in [0.29, 0.717) is 11.4 Å². The van der Waals surface area contributed by atoms with Crippen LogP contribution >= 0.6 is 0 Å². The Morgan fingerprint density at radius 3 is 2.43 bits per heavy atom. The Bertz CT molecular complexity index is 383.